The standard InChI is InChI=1S/C10H13NO2S/c1-11-9-5-3-8(4-6-9)7-13-10(12)14-2/h3-6,11H,7H2,1-2H3. The fourth-order valence-corrected chi connectivity index (χ4v) is 1.15. The smallest absolute Gasteiger partial charge is 0.367 e. The highest BCUT2D eigenvalue weighted by Gasteiger charge is 1.99. The Labute approximate surface area is 87.8 Å². The minimum atomic E-state index is -0.248. The number of hydrogen-bond donors (Lipinski definition) is 1. The number of hydrogen-bond acceptors (Lipinski definition) is 4. The van der Waals surface area contributed by atoms with Crippen LogP contribution in [0.25, 0.3) is 0 Å². The van der Waals surface area contributed by atoms with E-state index in [2.05, 4.69) is 5.32 Å². The fraction of sp³-hybridized carbons (Fsp3) is 0.300. The van der Waals surface area contributed by atoms with Gasteiger partial charge in [0.2, 0.25) is 0 Å². The Bertz CT molecular complexity index is 297. The maximum atomic E-state index is 10.8. The molecule has 1 N–H and O–H groups in total. The normalized spacial score (nSPS) is 9.57. The van der Waals surface area contributed by atoms with Gasteiger partial charge in [-0.25, -0.2) is 4.79 Å². The number of carbonyl (C=O) groups excluding carboxylic acids is 1. The lowest BCUT2D eigenvalue weighted by atomic mass is 10.2. The third kappa shape index (κ3) is 3.30. The first-order valence-corrected chi connectivity index (χ1v) is 5.46. The first kappa shape index (κ1) is 10.9. The highest BCUT2D eigenvalue weighted by atomic mass is 32.2. The van der Waals surface area contributed by atoms with Crippen LogP contribution >= 0.6 is 11.8 Å². The first-order valence-electron chi connectivity index (χ1n) is 4.23. The topological polar surface area (TPSA) is 38.3 Å². The summed E-state index contributed by atoms with van der Waals surface area (Å²) >= 11 is 1.08. The SMILES string of the molecule is CNc1ccc(COC(=O)SC)cc1. The van der Waals surface area contributed by atoms with E-state index < -0.39 is 0 Å². The maximum Gasteiger partial charge on any atom is 0.367 e. The van der Waals surface area contributed by atoms with Crippen LogP contribution in [0.2, 0.25) is 0 Å². The molecule has 0 unspecified atom stereocenters. The van der Waals surface area contributed by atoms with Crippen molar-refractivity contribution in [2.45, 2.75) is 6.61 Å². The molecule has 0 radical (unpaired) electrons. The van der Waals surface area contributed by atoms with Crippen molar-refractivity contribution in [1.29, 1.82) is 0 Å². The number of ether oxygens (including phenoxy) is 1. The molecule has 0 heterocycles. The number of benzene rings is 1. The van der Waals surface area contributed by atoms with E-state index in [0.29, 0.717) is 6.61 Å². The van der Waals surface area contributed by atoms with E-state index in [4.69, 9.17) is 4.74 Å². The Morgan fingerprint density at radius 3 is 2.57 bits per heavy atom. The summed E-state index contributed by atoms with van der Waals surface area (Å²) in [5.41, 5.74) is 2.04. The van der Waals surface area contributed by atoms with Crippen LogP contribution in [0.5, 0.6) is 0 Å². The van der Waals surface area contributed by atoms with Gasteiger partial charge in [-0.05, 0) is 35.7 Å². The van der Waals surface area contributed by atoms with E-state index in [0.717, 1.165) is 23.0 Å². The van der Waals surface area contributed by atoms with Crippen molar-refractivity contribution in [3.05, 3.63) is 29.8 Å². The Hall–Kier alpha value is -1.16. The van der Waals surface area contributed by atoms with Crippen molar-refractivity contribution in [3.63, 3.8) is 0 Å². The summed E-state index contributed by atoms with van der Waals surface area (Å²) in [7, 11) is 1.86. The molecule has 14 heavy (non-hydrogen) atoms. The molecule has 1 aromatic carbocycles. The molecule has 0 aliphatic rings. The van der Waals surface area contributed by atoms with Crippen molar-refractivity contribution >= 4 is 22.8 Å². The molecular weight excluding hydrogens is 198 g/mol. The molecule has 3 nitrogen and oxygen atoms in total. The van der Waals surface area contributed by atoms with Crippen LogP contribution in [-0.2, 0) is 11.3 Å². The van der Waals surface area contributed by atoms with E-state index in [-0.39, 0.29) is 5.30 Å². The van der Waals surface area contributed by atoms with E-state index in [1.807, 2.05) is 31.3 Å². The zero-order chi connectivity index (χ0) is 10.4. The van der Waals surface area contributed by atoms with E-state index in [1.165, 1.54) is 0 Å². The fourth-order valence-electron chi connectivity index (χ4n) is 0.969. The number of carbonyl (C=O) groups is 1. The monoisotopic (exact) mass is 211 g/mol. The van der Waals surface area contributed by atoms with Gasteiger partial charge in [0, 0.05) is 12.7 Å². The van der Waals surface area contributed by atoms with Gasteiger partial charge in [-0.3, -0.25) is 0 Å². The predicted molar refractivity (Wildman–Crippen MR) is 59.7 cm³/mol. The lowest BCUT2D eigenvalue weighted by Crippen LogP contribution is -1.97. The molecule has 4 heteroatoms. The minimum Gasteiger partial charge on any atom is -0.453 e. The van der Waals surface area contributed by atoms with Crippen LogP contribution in [0.1, 0.15) is 5.56 Å². The van der Waals surface area contributed by atoms with Crippen LogP contribution in [0.3, 0.4) is 0 Å². The Kier molecular flexibility index (Phi) is 4.32. The predicted octanol–water partition coefficient (Wildman–Crippen LogP) is 2.73. The number of rotatable bonds is 3. The molecule has 0 aliphatic heterocycles. The summed E-state index contributed by atoms with van der Waals surface area (Å²) in [5, 5.41) is 2.77. The molecule has 0 bridgehead atoms. The molecule has 0 aliphatic carbocycles. The zero-order valence-electron chi connectivity index (χ0n) is 8.24. The Morgan fingerprint density at radius 2 is 2.07 bits per heavy atom. The summed E-state index contributed by atoms with van der Waals surface area (Å²) in [6.07, 6.45) is 1.70. The van der Waals surface area contributed by atoms with Crippen molar-refractivity contribution in [1.82, 2.24) is 0 Å². The van der Waals surface area contributed by atoms with E-state index in [9.17, 15) is 4.79 Å². The highest BCUT2D eigenvalue weighted by molar-refractivity contribution is 8.12. The van der Waals surface area contributed by atoms with Gasteiger partial charge in [0.25, 0.3) is 0 Å². The molecule has 0 aromatic heterocycles. The average Bonchev–Trinajstić information content (AvgIpc) is 2.26. The Morgan fingerprint density at radius 1 is 1.43 bits per heavy atom. The number of anilines is 1. The first-order chi connectivity index (χ1) is 6.76. The third-order valence-corrected chi connectivity index (χ3v) is 2.22. The lowest BCUT2D eigenvalue weighted by Gasteiger charge is -2.04. The molecule has 0 saturated heterocycles. The summed E-state index contributed by atoms with van der Waals surface area (Å²) in [6.45, 7) is 0.337. The lowest BCUT2D eigenvalue weighted by molar-refractivity contribution is 0.169. The van der Waals surface area contributed by atoms with Crippen molar-refractivity contribution < 1.29 is 9.53 Å². The van der Waals surface area contributed by atoms with Crippen LogP contribution in [-0.4, -0.2) is 18.6 Å². The van der Waals surface area contributed by atoms with Crippen LogP contribution < -0.4 is 5.32 Å². The summed E-state index contributed by atoms with van der Waals surface area (Å²) in [6, 6.07) is 7.75. The Balaban J connectivity index is 2.47. The summed E-state index contributed by atoms with van der Waals surface area (Å²) < 4.78 is 4.95. The quantitative estimate of drug-likeness (QED) is 0.780. The van der Waals surface area contributed by atoms with E-state index >= 15 is 0 Å². The molecule has 0 atom stereocenters. The molecule has 1 rings (SSSR count). The van der Waals surface area contributed by atoms with Gasteiger partial charge in [0.1, 0.15) is 6.61 Å². The van der Waals surface area contributed by atoms with Gasteiger partial charge in [-0.1, -0.05) is 12.1 Å². The molecule has 1 aromatic rings. The third-order valence-electron chi connectivity index (χ3n) is 1.77. The maximum absolute atomic E-state index is 10.8. The summed E-state index contributed by atoms with van der Waals surface area (Å²) in [5.74, 6) is 0. The van der Waals surface area contributed by atoms with Crippen LogP contribution in [0, 0.1) is 0 Å². The average molecular weight is 211 g/mol. The zero-order valence-corrected chi connectivity index (χ0v) is 9.06. The molecule has 0 amide bonds. The van der Waals surface area contributed by atoms with Crippen LogP contribution in [0.4, 0.5) is 10.5 Å². The number of nitrogens with one attached hydrogen (secondary N) is 1. The minimum absolute atomic E-state index is 0.248. The molecule has 0 spiro atoms. The molecule has 0 saturated carbocycles. The van der Waals surface area contributed by atoms with Gasteiger partial charge >= 0.3 is 5.30 Å². The number of thioether (sulfide) groups is 1. The van der Waals surface area contributed by atoms with Gasteiger partial charge in [-0.15, -0.1) is 0 Å². The van der Waals surface area contributed by atoms with Gasteiger partial charge < -0.3 is 10.1 Å². The largest absolute Gasteiger partial charge is 0.453 e. The highest BCUT2D eigenvalue weighted by Crippen LogP contribution is 2.10. The van der Waals surface area contributed by atoms with E-state index in [1.54, 1.807) is 6.26 Å². The molecule has 0 fully saturated rings. The van der Waals surface area contributed by atoms with Crippen molar-refractivity contribution in [2.75, 3.05) is 18.6 Å². The molecular formula is C10H13NO2S. The second kappa shape index (κ2) is 5.54. The second-order valence-corrected chi connectivity index (χ2v) is 3.43. The van der Waals surface area contributed by atoms with Crippen LogP contribution in [0.15, 0.2) is 24.3 Å². The van der Waals surface area contributed by atoms with Gasteiger partial charge in [0.15, 0.2) is 0 Å². The summed E-state index contributed by atoms with van der Waals surface area (Å²) in [4.78, 5) is 10.8. The van der Waals surface area contributed by atoms with Gasteiger partial charge in [-0.2, -0.15) is 0 Å². The second-order valence-electron chi connectivity index (χ2n) is 2.69. The van der Waals surface area contributed by atoms with Gasteiger partial charge in [0.05, 0.1) is 0 Å². The van der Waals surface area contributed by atoms with Crippen molar-refractivity contribution in [2.24, 2.45) is 0 Å². The van der Waals surface area contributed by atoms with Crippen molar-refractivity contribution in [3.8, 4) is 0 Å². The molecule has 76 valence electrons.